The molecule has 2 aliphatic heterocycles. The van der Waals surface area contributed by atoms with Gasteiger partial charge in [0.25, 0.3) is 11.8 Å². The van der Waals surface area contributed by atoms with Crippen LogP contribution in [-0.2, 0) is 14.4 Å². The smallest absolute Gasteiger partial charge is 0.264 e. The summed E-state index contributed by atoms with van der Waals surface area (Å²) in [7, 11) is 0. The molecule has 2 aromatic carbocycles. The number of nitrogens with zero attached hydrogens (tertiary/aromatic N) is 3. The van der Waals surface area contributed by atoms with Crippen molar-refractivity contribution < 1.29 is 24.0 Å². The predicted octanol–water partition coefficient (Wildman–Crippen LogP) is 4.36. The van der Waals surface area contributed by atoms with Crippen molar-refractivity contribution in [1.82, 2.24) is 25.5 Å². The number of para-hydroxylation sites is 1. The van der Waals surface area contributed by atoms with Gasteiger partial charge < -0.3 is 10.6 Å². The molecule has 0 spiro atoms. The van der Waals surface area contributed by atoms with Crippen LogP contribution in [0.1, 0.15) is 82.3 Å². The molecule has 2 aromatic heterocycles. The number of hydrogen-bond acceptors (Lipinski definition) is 9. The summed E-state index contributed by atoms with van der Waals surface area (Å²) < 4.78 is 1.06. The third kappa shape index (κ3) is 6.46. The quantitative estimate of drug-likeness (QED) is 0.155. The first-order chi connectivity index (χ1) is 21.9. The average molecular weight is 625 g/mol. The van der Waals surface area contributed by atoms with Crippen molar-refractivity contribution in [2.75, 3.05) is 11.9 Å². The van der Waals surface area contributed by atoms with E-state index in [-0.39, 0.29) is 35.9 Å². The fraction of sp³-hybridized carbons (Fsp3) is 0.303. The normalized spacial score (nSPS) is 16.9. The Labute approximate surface area is 263 Å². The molecular weight excluding hydrogens is 592 g/mol. The summed E-state index contributed by atoms with van der Waals surface area (Å²) >= 11 is 1.56. The summed E-state index contributed by atoms with van der Waals surface area (Å²) in [5.41, 5.74) is 2.81. The van der Waals surface area contributed by atoms with Crippen LogP contribution in [-0.4, -0.2) is 57.0 Å². The monoisotopic (exact) mass is 624 g/mol. The Balaban J connectivity index is 0.978. The van der Waals surface area contributed by atoms with Gasteiger partial charge in [0.2, 0.25) is 17.7 Å². The van der Waals surface area contributed by atoms with E-state index in [1.807, 2.05) is 36.4 Å². The fourth-order valence-corrected chi connectivity index (χ4v) is 6.78. The molecule has 2 atom stereocenters. The van der Waals surface area contributed by atoms with Gasteiger partial charge in [0.1, 0.15) is 17.1 Å². The third-order valence-electron chi connectivity index (χ3n) is 7.99. The maximum Gasteiger partial charge on any atom is 0.264 e. The van der Waals surface area contributed by atoms with Gasteiger partial charge in [-0.15, -0.1) is 11.3 Å². The molecule has 2 aliphatic rings. The number of amides is 5. The van der Waals surface area contributed by atoms with E-state index in [0.29, 0.717) is 18.7 Å². The van der Waals surface area contributed by atoms with Gasteiger partial charge in [-0.05, 0) is 55.2 Å². The number of anilines is 1. The van der Waals surface area contributed by atoms with Gasteiger partial charge in [0.05, 0.1) is 21.3 Å². The molecule has 0 radical (unpaired) electrons. The molecule has 11 nitrogen and oxygen atoms in total. The standard InChI is InChI=1S/C33H32N6O5S/c40-26(37-29(20-9-8-17-34-19-20)31-36-22-11-4-5-13-25(22)45-31)14-3-1-2-6-18-35-23-12-7-10-21-28(23)33(44)39(32(21)43)24-15-16-27(41)38-30(24)42/h4-5,7-13,17,19,24,29,35H,1-3,6,14-16,18H2,(H,37,40)(H,38,41,42). The number of carbonyl (C=O) groups is 5. The van der Waals surface area contributed by atoms with E-state index in [0.717, 1.165) is 51.4 Å². The van der Waals surface area contributed by atoms with Gasteiger partial charge in [-0.1, -0.05) is 37.1 Å². The number of benzene rings is 2. The lowest BCUT2D eigenvalue weighted by Gasteiger charge is -2.27. The highest BCUT2D eigenvalue weighted by atomic mass is 32.1. The zero-order valence-electron chi connectivity index (χ0n) is 24.5. The second-order valence-corrected chi connectivity index (χ2v) is 12.1. The van der Waals surface area contributed by atoms with Crippen LogP contribution in [0.2, 0.25) is 0 Å². The van der Waals surface area contributed by atoms with Crippen LogP contribution in [0, 0.1) is 0 Å². The molecule has 2 unspecified atom stereocenters. The molecule has 4 aromatic rings. The molecule has 1 saturated heterocycles. The number of nitrogens with one attached hydrogen (secondary N) is 3. The van der Waals surface area contributed by atoms with E-state index in [2.05, 4.69) is 20.9 Å². The second kappa shape index (κ2) is 13.3. The van der Waals surface area contributed by atoms with Crippen molar-refractivity contribution in [2.45, 2.75) is 57.0 Å². The van der Waals surface area contributed by atoms with E-state index >= 15 is 0 Å². The zero-order chi connectivity index (χ0) is 31.3. The second-order valence-electron chi connectivity index (χ2n) is 11.1. The number of piperidine rings is 1. The van der Waals surface area contributed by atoms with Crippen LogP contribution in [0.5, 0.6) is 0 Å². The van der Waals surface area contributed by atoms with Crippen LogP contribution in [0.25, 0.3) is 10.2 Å². The molecule has 4 heterocycles. The van der Waals surface area contributed by atoms with Gasteiger partial charge in [-0.3, -0.25) is 39.2 Å². The summed E-state index contributed by atoms with van der Waals surface area (Å²) in [4.78, 5) is 73.1. The molecule has 1 fully saturated rings. The summed E-state index contributed by atoms with van der Waals surface area (Å²) in [6.45, 7) is 0.573. The van der Waals surface area contributed by atoms with Crippen LogP contribution in [0.3, 0.4) is 0 Å². The molecule has 12 heteroatoms. The number of imide groups is 2. The molecular formula is C33H32N6O5S. The molecule has 3 N–H and O–H groups in total. The Morgan fingerprint density at radius 2 is 1.82 bits per heavy atom. The summed E-state index contributed by atoms with van der Waals surface area (Å²) in [6, 6.07) is 15.3. The maximum absolute atomic E-state index is 13.3. The highest BCUT2D eigenvalue weighted by Crippen LogP contribution is 2.33. The van der Waals surface area contributed by atoms with Crippen LogP contribution in [0.15, 0.2) is 67.0 Å². The number of carbonyl (C=O) groups excluding carboxylic acids is 5. The van der Waals surface area contributed by atoms with E-state index in [1.165, 1.54) is 0 Å². The van der Waals surface area contributed by atoms with Gasteiger partial charge in [0.15, 0.2) is 0 Å². The van der Waals surface area contributed by atoms with Gasteiger partial charge in [-0.25, -0.2) is 4.98 Å². The fourth-order valence-electron chi connectivity index (χ4n) is 5.73. The average Bonchev–Trinajstić information content (AvgIpc) is 3.58. The SMILES string of the molecule is O=C1CCC(N2C(=O)c3cccc(NCCCCCCC(=O)NC(c4cccnc4)c4nc5ccccc5s4)c3C2=O)C(=O)N1. The predicted molar refractivity (Wildman–Crippen MR) is 169 cm³/mol. The van der Waals surface area contributed by atoms with Crippen molar-refractivity contribution in [3.63, 3.8) is 0 Å². The Morgan fingerprint density at radius 3 is 2.62 bits per heavy atom. The Kier molecular flexibility index (Phi) is 8.92. The topological polar surface area (TPSA) is 150 Å². The Hall–Kier alpha value is -4.97. The molecule has 0 bridgehead atoms. The molecule has 230 valence electrons. The van der Waals surface area contributed by atoms with E-state index in [9.17, 15) is 24.0 Å². The van der Waals surface area contributed by atoms with Crippen molar-refractivity contribution in [3.8, 4) is 0 Å². The lowest BCUT2D eigenvalue weighted by Crippen LogP contribution is -2.54. The maximum atomic E-state index is 13.3. The third-order valence-corrected chi connectivity index (χ3v) is 9.10. The van der Waals surface area contributed by atoms with Crippen molar-refractivity contribution in [3.05, 3.63) is 88.7 Å². The van der Waals surface area contributed by atoms with Gasteiger partial charge >= 0.3 is 0 Å². The van der Waals surface area contributed by atoms with E-state index in [4.69, 9.17) is 4.98 Å². The largest absolute Gasteiger partial charge is 0.384 e. The lowest BCUT2D eigenvalue weighted by molar-refractivity contribution is -0.136. The first-order valence-electron chi connectivity index (χ1n) is 15.0. The molecule has 5 amide bonds. The Morgan fingerprint density at radius 1 is 0.978 bits per heavy atom. The highest BCUT2D eigenvalue weighted by Gasteiger charge is 2.45. The molecule has 45 heavy (non-hydrogen) atoms. The number of thiazole rings is 1. The number of aromatic nitrogens is 2. The van der Waals surface area contributed by atoms with Gasteiger partial charge in [-0.2, -0.15) is 0 Å². The van der Waals surface area contributed by atoms with Crippen LogP contribution >= 0.6 is 11.3 Å². The number of rotatable bonds is 12. The first-order valence-corrected chi connectivity index (χ1v) is 15.9. The highest BCUT2D eigenvalue weighted by molar-refractivity contribution is 7.18. The number of pyridine rings is 1. The van der Waals surface area contributed by atoms with Crippen LogP contribution in [0.4, 0.5) is 5.69 Å². The summed E-state index contributed by atoms with van der Waals surface area (Å²) in [5.74, 6) is -2.15. The number of fused-ring (bicyclic) bond motifs is 2. The van der Waals surface area contributed by atoms with Crippen molar-refractivity contribution in [1.29, 1.82) is 0 Å². The van der Waals surface area contributed by atoms with E-state index in [1.54, 1.807) is 41.9 Å². The molecule has 6 rings (SSSR count). The van der Waals surface area contributed by atoms with Crippen molar-refractivity contribution >= 4 is 56.8 Å². The summed E-state index contributed by atoms with van der Waals surface area (Å²) in [5, 5.41) is 9.44. The minimum Gasteiger partial charge on any atom is -0.384 e. The Bertz CT molecular complexity index is 1740. The van der Waals surface area contributed by atoms with Gasteiger partial charge in [0, 0.05) is 37.5 Å². The number of hydrogen-bond donors (Lipinski definition) is 3. The number of unbranched alkanes of at least 4 members (excludes halogenated alkanes) is 3. The molecule has 0 saturated carbocycles. The molecule has 0 aliphatic carbocycles. The van der Waals surface area contributed by atoms with Crippen molar-refractivity contribution in [2.24, 2.45) is 0 Å². The minimum atomic E-state index is -0.999. The lowest BCUT2D eigenvalue weighted by atomic mass is 10.0. The van der Waals surface area contributed by atoms with Crippen LogP contribution < -0.4 is 16.0 Å². The zero-order valence-corrected chi connectivity index (χ0v) is 25.3. The van der Waals surface area contributed by atoms with E-state index < -0.39 is 29.7 Å². The summed E-state index contributed by atoms with van der Waals surface area (Å²) in [6.07, 6.45) is 7.27. The minimum absolute atomic E-state index is 0.0511. The first kappa shape index (κ1) is 30.1.